The van der Waals surface area contributed by atoms with Gasteiger partial charge in [-0.25, -0.2) is 4.98 Å². The zero-order valence-electron chi connectivity index (χ0n) is 10.3. The molecule has 1 heterocycles. The molecule has 0 fully saturated rings. The van der Waals surface area contributed by atoms with Gasteiger partial charge in [0.2, 0.25) is 5.88 Å². The second-order valence-electron chi connectivity index (χ2n) is 3.89. The molecule has 7 heteroatoms. The van der Waals surface area contributed by atoms with Crippen molar-refractivity contribution >= 4 is 21.6 Å². The minimum atomic E-state index is -0.520. The SMILES string of the molecule is Cc1ccnc(Oc2cc([N+](=O)[O-])ccc2Br)c1C#N. The molecule has 0 spiro atoms. The molecule has 0 N–H and O–H groups in total. The molecule has 20 heavy (non-hydrogen) atoms. The van der Waals surface area contributed by atoms with Gasteiger partial charge in [-0.05, 0) is 40.5 Å². The molecule has 6 nitrogen and oxygen atoms in total. The molecule has 0 amide bonds. The van der Waals surface area contributed by atoms with E-state index >= 15 is 0 Å². The number of rotatable bonds is 3. The summed E-state index contributed by atoms with van der Waals surface area (Å²) in [7, 11) is 0. The second-order valence-corrected chi connectivity index (χ2v) is 4.75. The Kier molecular flexibility index (Phi) is 3.96. The Morgan fingerprint density at radius 2 is 2.20 bits per heavy atom. The number of nitro benzene ring substituents is 1. The summed E-state index contributed by atoms with van der Waals surface area (Å²) in [5.74, 6) is 0.350. The van der Waals surface area contributed by atoms with E-state index in [2.05, 4.69) is 20.9 Å². The van der Waals surface area contributed by atoms with E-state index in [1.807, 2.05) is 6.07 Å². The van der Waals surface area contributed by atoms with Crippen molar-refractivity contribution in [2.75, 3.05) is 0 Å². The van der Waals surface area contributed by atoms with E-state index in [1.165, 1.54) is 24.4 Å². The Morgan fingerprint density at radius 3 is 2.85 bits per heavy atom. The van der Waals surface area contributed by atoms with E-state index in [9.17, 15) is 10.1 Å². The van der Waals surface area contributed by atoms with Gasteiger partial charge in [-0.1, -0.05) is 0 Å². The molecule has 2 aromatic rings. The lowest BCUT2D eigenvalue weighted by Gasteiger charge is -2.09. The number of nitrogens with zero attached hydrogens (tertiary/aromatic N) is 3. The van der Waals surface area contributed by atoms with Crippen LogP contribution in [0.4, 0.5) is 5.69 Å². The predicted octanol–water partition coefficient (Wildman–Crippen LogP) is 3.72. The first kappa shape index (κ1) is 14.0. The zero-order valence-corrected chi connectivity index (χ0v) is 11.9. The van der Waals surface area contributed by atoms with E-state index in [-0.39, 0.29) is 17.3 Å². The molecule has 0 bridgehead atoms. The van der Waals surface area contributed by atoms with Crippen LogP contribution in [0.1, 0.15) is 11.1 Å². The maximum atomic E-state index is 10.8. The molecule has 1 aromatic carbocycles. The van der Waals surface area contributed by atoms with Crippen LogP contribution in [0, 0.1) is 28.4 Å². The maximum Gasteiger partial charge on any atom is 0.273 e. The number of ether oxygens (including phenoxy) is 1. The number of benzene rings is 1. The van der Waals surface area contributed by atoms with Crippen LogP contribution in [-0.4, -0.2) is 9.91 Å². The highest BCUT2D eigenvalue weighted by Crippen LogP contribution is 2.33. The van der Waals surface area contributed by atoms with E-state index in [1.54, 1.807) is 13.0 Å². The lowest BCUT2D eigenvalue weighted by Crippen LogP contribution is -1.96. The van der Waals surface area contributed by atoms with E-state index in [0.717, 1.165) is 5.56 Å². The molecule has 0 saturated carbocycles. The number of nitriles is 1. The molecule has 2 rings (SSSR count). The van der Waals surface area contributed by atoms with Crippen molar-refractivity contribution < 1.29 is 9.66 Å². The number of nitro groups is 1. The Bertz CT molecular complexity index is 725. The van der Waals surface area contributed by atoms with E-state index < -0.39 is 4.92 Å². The van der Waals surface area contributed by atoms with Crippen molar-refractivity contribution in [3.63, 3.8) is 0 Å². The fourth-order valence-corrected chi connectivity index (χ4v) is 1.86. The van der Waals surface area contributed by atoms with Gasteiger partial charge in [0.15, 0.2) is 5.75 Å². The average molecular weight is 334 g/mol. The summed E-state index contributed by atoms with van der Waals surface area (Å²) in [5.41, 5.74) is 0.916. The number of non-ortho nitro benzene ring substituents is 1. The average Bonchev–Trinajstić information content (AvgIpc) is 2.41. The molecule has 100 valence electrons. The van der Waals surface area contributed by atoms with Crippen LogP contribution in [0.2, 0.25) is 0 Å². The quantitative estimate of drug-likeness (QED) is 0.630. The van der Waals surface area contributed by atoms with Gasteiger partial charge in [0.25, 0.3) is 5.69 Å². The summed E-state index contributed by atoms with van der Waals surface area (Å²) in [6, 6.07) is 7.83. The molecule has 0 aliphatic heterocycles. The zero-order chi connectivity index (χ0) is 14.7. The molecular weight excluding hydrogens is 326 g/mol. The molecule has 0 unspecified atom stereocenters. The monoisotopic (exact) mass is 333 g/mol. The number of halogens is 1. The summed E-state index contributed by atoms with van der Waals surface area (Å²) in [6.45, 7) is 1.76. The first-order valence-electron chi connectivity index (χ1n) is 5.50. The molecule has 0 saturated heterocycles. The standard InChI is InChI=1S/C13H8BrN3O3/c1-8-4-5-16-13(10(8)7-15)20-12-6-9(17(18)19)2-3-11(12)14/h2-6H,1H3. The molecule has 1 aromatic heterocycles. The molecule has 0 aliphatic carbocycles. The van der Waals surface area contributed by atoms with Gasteiger partial charge in [0.05, 0.1) is 15.5 Å². The Morgan fingerprint density at radius 1 is 1.45 bits per heavy atom. The first-order chi connectivity index (χ1) is 9.52. The van der Waals surface area contributed by atoms with Crippen molar-refractivity contribution in [3.8, 4) is 17.7 Å². The van der Waals surface area contributed by atoms with Crippen molar-refractivity contribution in [3.05, 3.63) is 56.2 Å². The van der Waals surface area contributed by atoms with Crippen LogP contribution in [0.25, 0.3) is 0 Å². The van der Waals surface area contributed by atoms with Crippen molar-refractivity contribution in [1.29, 1.82) is 5.26 Å². The fraction of sp³-hybridized carbons (Fsp3) is 0.0769. The van der Waals surface area contributed by atoms with Crippen LogP contribution in [-0.2, 0) is 0 Å². The summed E-state index contributed by atoms with van der Waals surface area (Å²) in [6.07, 6.45) is 1.51. The third-order valence-electron chi connectivity index (χ3n) is 2.57. The maximum absolute atomic E-state index is 10.8. The number of hydrogen-bond donors (Lipinski definition) is 0. The Hall–Kier alpha value is -2.46. The van der Waals surface area contributed by atoms with Crippen molar-refractivity contribution in [2.45, 2.75) is 6.92 Å². The van der Waals surface area contributed by atoms with Crippen LogP contribution < -0.4 is 4.74 Å². The third-order valence-corrected chi connectivity index (χ3v) is 3.22. The molecule has 0 aliphatic rings. The fourth-order valence-electron chi connectivity index (χ4n) is 1.53. The van der Waals surface area contributed by atoms with Crippen LogP contribution in [0.3, 0.4) is 0 Å². The number of aromatic nitrogens is 1. The van der Waals surface area contributed by atoms with Gasteiger partial charge < -0.3 is 4.74 Å². The lowest BCUT2D eigenvalue weighted by atomic mass is 10.2. The second kappa shape index (κ2) is 5.67. The number of pyridine rings is 1. The van der Waals surface area contributed by atoms with Crippen LogP contribution in [0.5, 0.6) is 11.6 Å². The van der Waals surface area contributed by atoms with Gasteiger partial charge in [-0.2, -0.15) is 5.26 Å². The number of hydrogen-bond acceptors (Lipinski definition) is 5. The summed E-state index contributed by atoms with van der Waals surface area (Å²) >= 11 is 3.24. The summed E-state index contributed by atoms with van der Waals surface area (Å²) in [5, 5.41) is 19.9. The topological polar surface area (TPSA) is 89.1 Å². The predicted molar refractivity (Wildman–Crippen MR) is 74.6 cm³/mol. The van der Waals surface area contributed by atoms with E-state index in [0.29, 0.717) is 10.0 Å². The Balaban J connectivity index is 2.45. The highest BCUT2D eigenvalue weighted by molar-refractivity contribution is 9.10. The summed E-state index contributed by atoms with van der Waals surface area (Å²) < 4.78 is 6.06. The van der Waals surface area contributed by atoms with Gasteiger partial charge >= 0.3 is 0 Å². The van der Waals surface area contributed by atoms with Crippen LogP contribution in [0.15, 0.2) is 34.9 Å². The highest BCUT2D eigenvalue weighted by atomic mass is 79.9. The molecule has 0 radical (unpaired) electrons. The van der Waals surface area contributed by atoms with Gasteiger partial charge in [-0.3, -0.25) is 10.1 Å². The third kappa shape index (κ3) is 2.75. The highest BCUT2D eigenvalue weighted by Gasteiger charge is 2.14. The van der Waals surface area contributed by atoms with Crippen LogP contribution >= 0.6 is 15.9 Å². The largest absolute Gasteiger partial charge is 0.436 e. The lowest BCUT2D eigenvalue weighted by molar-refractivity contribution is -0.384. The minimum absolute atomic E-state index is 0.102. The van der Waals surface area contributed by atoms with Gasteiger partial charge in [0.1, 0.15) is 11.6 Å². The summed E-state index contributed by atoms with van der Waals surface area (Å²) in [4.78, 5) is 14.2. The van der Waals surface area contributed by atoms with Crippen molar-refractivity contribution in [2.24, 2.45) is 0 Å². The van der Waals surface area contributed by atoms with Crippen molar-refractivity contribution in [1.82, 2.24) is 4.98 Å². The Labute approximate surface area is 122 Å². The number of aryl methyl sites for hydroxylation is 1. The normalized spacial score (nSPS) is 9.85. The van der Waals surface area contributed by atoms with Gasteiger partial charge in [-0.15, -0.1) is 0 Å². The van der Waals surface area contributed by atoms with Gasteiger partial charge in [0, 0.05) is 12.3 Å². The van der Waals surface area contributed by atoms with E-state index in [4.69, 9.17) is 10.00 Å². The minimum Gasteiger partial charge on any atom is -0.436 e. The molecule has 0 atom stereocenters. The first-order valence-corrected chi connectivity index (χ1v) is 6.29. The molecular formula is C13H8BrN3O3. The smallest absolute Gasteiger partial charge is 0.273 e.